The van der Waals surface area contributed by atoms with Gasteiger partial charge in [-0.1, -0.05) is 0 Å². The van der Waals surface area contributed by atoms with Crippen molar-refractivity contribution in [2.24, 2.45) is 16.0 Å². The minimum absolute atomic E-state index is 0. The van der Waals surface area contributed by atoms with Gasteiger partial charge in [0.05, 0.1) is 0 Å². The molecule has 0 aromatic rings. The van der Waals surface area contributed by atoms with Crippen LogP contribution in [0.2, 0.25) is 0 Å². The maximum Gasteiger partial charge on any atom is 2.00 e. The van der Waals surface area contributed by atoms with E-state index in [1.165, 1.54) is 0 Å². The van der Waals surface area contributed by atoms with Crippen molar-refractivity contribution in [1.82, 2.24) is 0 Å². The van der Waals surface area contributed by atoms with E-state index in [0.717, 1.165) is 16.0 Å². The molecule has 0 amide bonds. The van der Waals surface area contributed by atoms with Crippen molar-refractivity contribution < 1.29 is 35.6 Å². The Balaban J connectivity index is -0.0000000150. The van der Waals surface area contributed by atoms with Crippen LogP contribution in [-0.4, -0.2) is 0 Å². The smallest absolute Gasteiger partial charge is 0.444 e. The summed E-state index contributed by atoms with van der Waals surface area (Å²) in [6, 6.07) is 0. The summed E-state index contributed by atoms with van der Waals surface area (Å²) < 4.78 is 0. The summed E-state index contributed by atoms with van der Waals surface area (Å²) in [6.07, 6.45) is 0. The van der Waals surface area contributed by atoms with Gasteiger partial charge in [-0.3, -0.25) is 0 Å². The molecule has 0 N–H and O–H groups in total. The predicted molar refractivity (Wildman–Crippen MR) is 27.5 cm³/mol. The second kappa shape index (κ2) is 121. The fourth-order valence-corrected chi connectivity index (χ4v) is 0. The molecule has 0 saturated heterocycles. The van der Waals surface area contributed by atoms with Gasteiger partial charge in [0.1, 0.15) is 0 Å². The van der Waals surface area contributed by atoms with Crippen LogP contribution in [0, 0.1) is 30.3 Å². The Morgan fingerprint density at radius 3 is 0.727 bits per heavy atom. The molecule has 1 radical (unpaired) electrons. The van der Waals surface area contributed by atoms with Crippen LogP contribution in [0.1, 0.15) is 0 Å². The molecule has 0 heterocycles. The first-order chi connectivity index (χ1) is 4.24. The summed E-state index contributed by atoms with van der Waals surface area (Å²) in [5.74, 6) is 0. The van der Waals surface area contributed by atoms with Gasteiger partial charge in [0.25, 0.3) is 0 Å². The first kappa shape index (κ1) is 31.7. The van der Waals surface area contributed by atoms with Crippen molar-refractivity contribution in [1.29, 1.82) is 0 Å². The fourth-order valence-electron chi connectivity index (χ4n) is 0. The first-order valence-electron chi connectivity index (χ1n) is 1.10. The quantitative estimate of drug-likeness (QED) is 0.246. The minimum atomic E-state index is 0. The van der Waals surface area contributed by atoms with Gasteiger partial charge >= 0.3 is 35.6 Å². The number of hydrogen-bond acceptors (Lipinski definition) is 9. The first-order valence-corrected chi connectivity index (χ1v) is 1.10. The zero-order valence-corrected chi connectivity index (χ0v) is 6.17. The molecule has 0 aromatic heterocycles. The largest absolute Gasteiger partial charge is 2.00 e. The van der Waals surface area contributed by atoms with E-state index in [1.54, 1.807) is 0 Å². The normalized spacial score (nSPS) is 3.27. The SMILES string of the molecule is O=N[O-].O=N[O-].O=N[O-].[Co+2].[Li+]. The molecule has 0 aliphatic carbocycles. The second-order valence-corrected chi connectivity index (χ2v) is 0.224. The monoisotopic (exact) mass is 204 g/mol. The van der Waals surface area contributed by atoms with Crippen molar-refractivity contribution >= 4 is 0 Å². The van der Waals surface area contributed by atoms with Gasteiger partial charge in [-0.15, -0.1) is 16.0 Å². The van der Waals surface area contributed by atoms with E-state index in [1.807, 2.05) is 0 Å². The molecular weight excluding hydrogens is 204 g/mol. The maximum atomic E-state index is 8.00. The Labute approximate surface area is 82.3 Å². The number of hydrogen-bond donors (Lipinski definition) is 0. The van der Waals surface area contributed by atoms with E-state index in [9.17, 15) is 0 Å². The molecule has 0 aliphatic rings. The van der Waals surface area contributed by atoms with Crippen molar-refractivity contribution in [2.45, 2.75) is 0 Å². The zero-order chi connectivity index (χ0) is 8.12. The Bertz CT molecular complexity index is 54.6. The Kier molecular flexibility index (Phi) is 348. The molecule has 0 saturated carbocycles. The summed E-state index contributed by atoms with van der Waals surface area (Å²) in [7, 11) is 0. The number of nitrogens with zero attached hydrogens (tertiary/aromatic N) is 3. The second-order valence-electron chi connectivity index (χ2n) is 0.224. The van der Waals surface area contributed by atoms with Crippen LogP contribution in [0.5, 0.6) is 0 Å². The van der Waals surface area contributed by atoms with Crippen molar-refractivity contribution in [2.75, 3.05) is 0 Å². The summed E-state index contributed by atoms with van der Waals surface area (Å²) in [4.78, 5) is 24.0. The van der Waals surface area contributed by atoms with Crippen LogP contribution in [-0.2, 0) is 16.8 Å². The van der Waals surface area contributed by atoms with Gasteiger partial charge in [-0.05, 0) is 0 Å². The summed E-state index contributed by atoms with van der Waals surface area (Å²) in [6.45, 7) is 0. The van der Waals surface area contributed by atoms with E-state index in [2.05, 4.69) is 0 Å². The van der Waals surface area contributed by atoms with Gasteiger partial charge < -0.3 is 30.3 Å². The van der Waals surface area contributed by atoms with Gasteiger partial charge in [0.15, 0.2) is 0 Å². The Hall–Kier alpha value is -0.696. The Morgan fingerprint density at radius 2 is 0.727 bits per heavy atom. The summed E-state index contributed by atoms with van der Waals surface area (Å²) in [5, 5.41) is 27.0. The molecule has 11 heteroatoms. The molecular formula is CoLiN3O6. The van der Waals surface area contributed by atoms with E-state index in [0.29, 0.717) is 0 Å². The molecule has 0 rings (SSSR count). The molecule has 0 fully saturated rings. The van der Waals surface area contributed by atoms with Crippen molar-refractivity contribution in [3.63, 3.8) is 0 Å². The van der Waals surface area contributed by atoms with E-state index < -0.39 is 0 Å². The molecule has 11 heavy (non-hydrogen) atoms. The van der Waals surface area contributed by atoms with Crippen molar-refractivity contribution in [3.8, 4) is 0 Å². The van der Waals surface area contributed by atoms with Gasteiger partial charge in [-0.2, -0.15) is 0 Å². The van der Waals surface area contributed by atoms with Gasteiger partial charge in [-0.25, -0.2) is 0 Å². The molecule has 61 valence electrons. The fraction of sp³-hybridized carbons (Fsp3) is 0. The molecule has 0 aliphatic heterocycles. The molecule has 0 atom stereocenters. The van der Waals surface area contributed by atoms with E-state index >= 15 is 0 Å². The number of rotatable bonds is 0. The average molecular weight is 204 g/mol. The molecule has 0 unspecified atom stereocenters. The van der Waals surface area contributed by atoms with E-state index in [-0.39, 0.29) is 35.6 Å². The van der Waals surface area contributed by atoms with Crippen LogP contribution < -0.4 is 18.9 Å². The van der Waals surface area contributed by atoms with Crippen LogP contribution in [0.4, 0.5) is 0 Å². The van der Waals surface area contributed by atoms with Crippen LogP contribution in [0.3, 0.4) is 0 Å². The van der Waals surface area contributed by atoms with Crippen LogP contribution in [0.15, 0.2) is 16.0 Å². The van der Waals surface area contributed by atoms with Crippen LogP contribution >= 0.6 is 0 Å². The zero-order valence-electron chi connectivity index (χ0n) is 5.12. The third-order valence-electron chi connectivity index (χ3n) is 0. The standard InChI is InChI=1S/Co.Li.3HNO2/c;;3*2-1-3/h;;3*(H,2,3)/q+2;+1;;;/p-3. The summed E-state index contributed by atoms with van der Waals surface area (Å²) >= 11 is 0. The summed E-state index contributed by atoms with van der Waals surface area (Å²) in [5.41, 5.74) is 0. The predicted octanol–water partition coefficient (Wildman–Crippen LogP) is -2.25. The molecule has 9 nitrogen and oxygen atoms in total. The minimum Gasteiger partial charge on any atom is -0.444 e. The Morgan fingerprint density at radius 1 is 0.727 bits per heavy atom. The molecule has 0 aromatic carbocycles. The third-order valence-corrected chi connectivity index (χ3v) is 0. The molecule has 0 spiro atoms. The maximum absolute atomic E-state index is 8.00. The topological polar surface area (TPSA) is 157 Å². The third kappa shape index (κ3) is 1020. The van der Waals surface area contributed by atoms with Gasteiger partial charge in [0.2, 0.25) is 0 Å². The van der Waals surface area contributed by atoms with Crippen molar-refractivity contribution in [3.05, 3.63) is 30.3 Å². The van der Waals surface area contributed by atoms with Gasteiger partial charge in [0, 0.05) is 0 Å². The molecule has 0 bridgehead atoms. The van der Waals surface area contributed by atoms with E-state index in [4.69, 9.17) is 30.3 Å². The average Bonchev–Trinajstić information content (AvgIpc) is 1.70. The van der Waals surface area contributed by atoms with Crippen LogP contribution in [0.25, 0.3) is 0 Å².